The summed E-state index contributed by atoms with van der Waals surface area (Å²) in [5, 5.41) is 0. The topological polar surface area (TPSA) is 64.8 Å². The van der Waals surface area contributed by atoms with Gasteiger partial charge in [-0.05, 0) is 37.6 Å². The number of aryl methyl sites for hydroxylation is 1. The monoisotopic (exact) mass is 326 g/mol. The third-order valence-corrected chi connectivity index (χ3v) is 4.06. The van der Waals surface area contributed by atoms with Crippen molar-refractivity contribution < 1.29 is 14.3 Å². The summed E-state index contributed by atoms with van der Waals surface area (Å²) < 4.78 is 11.5. The number of ether oxygens (including phenoxy) is 2. The summed E-state index contributed by atoms with van der Waals surface area (Å²) in [6.45, 7) is 4.84. The molecule has 2 N–H and O–H groups in total. The van der Waals surface area contributed by atoms with Gasteiger partial charge in [-0.2, -0.15) is 0 Å². The molecule has 0 aromatic heterocycles. The Morgan fingerprint density at radius 3 is 2.67 bits per heavy atom. The van der Waals surface area contributed by atoms with E-state index in [0.29, 0.717) is 31.0 Å². The normalized spacial score (nSPS) is 16.5. The Morgan fingerprint density at radius 2 is 1.96 bits per heavy atom. The van der Waals surface area contributed by atoms with E-state index in [4.69, 9.17) is 15.2 Å². The largest absolute Gasteiger partial charge is 0.492 e. The van der Waals surface area contributed by atoms with Crippen molar-refractivity contribution in [2.45, 2.75) is 26.4 Å². The van der Waals surface area contributed by atoms with Crippen LogP contribution in [0.3, 0.4) is 0 Å². The fraction of sp³-hybridized carbons (Fsp3) is 0.316. The summed E-state index contributed by atoms with van der Waals surface area (Å²) in [6.07, 6.45) is 0.140. The number of nitrogens with zero attached hydrogens (tertiary/aromatic N) is 1. The molecule has 24 heavy (non-hydrogen) atoms. The molecular weight excluding hydrogens is 304 g/mol. The quantitative estimate of drug-likeness (QED) is 0.857. The number of carbonyl (C=O) groups excluding carboxylic acids is 1. The number of carbonyl (C=O) groups is 1. The molecule has 1 unspecified atom stereocenters. The number of nitrogen functional groups attached to an aromatic ring is 1. The van der Waals surface area contributed by atoms with Crippen LogP contribution in [0.1, 0.15) is 18.9 Å². The van der Waals surface area contributed by atoms with E-state index in [-0.39, 0.29) is 5.91 Å². The van der Waals surface area contributed by atoms with Crippen LogP contribution in [0.4, 0.5) is 11.4 Å². The summed E-state index contributed by atoms with van der Waals surface area (Å²) in [4.78, 5) is 14.3. The molecule has 1 atom stereocenters. The molecule has 0 fully saturated rings. The molecule has 0 spiro atoms. The maximum atomic E-state index is 12.6. The molecule has 0 radical (unpaired) electrons. The summed E-state index contributed by atoms with van der Waals surface area (Å²) >= 11 is 0. The minimum absolute atomic E-state index is 0.0396. The van der Waals surface area contributed by atoms with Gasteiger partial charge in [0.2, 0.25) is 0 Å². The molecule has 126 valence electrons. The van der Waals surface area contributed by atoms with Gasteiger partial charge in [-0.1, -0.05) is 24.6 Å². The number of anilines is 2. The fourth-order valence-corrected chi connectivity index (χ4v) is 2.72. The Morgan fingerprint density at radius 1 is 1.21 bits per heavy atom. The van der Waals surface area contributed by atoms with Crippen LogP contribution < -0.4 is 20.1 Å². The summed E-state index contributed by atoms with van der Waals surface area (Å²) in [5.41, 5.74) is 8.37. The smallest absolute Gasteiger partial charge is 0.268 e. The molecule has 1 aliphatic heterocycles. The van der Waals surface area contributed by atoms with Gasteiger partial charge in [0.15, 0.2) is 6.10 Å². The molecular formula is C19H22N2O3. The van der Waals surface area contributed by atoms with E-state index in [1.54, 1.807) is 17.0 Å². The van der Waals surface area contributed by atoms with Crippen molar-refractivity contribution in [2.75, 3.05) is 23.8 Å². The van der Waals surface area contributed by atoms with Crippen molar-refractivity contribution in [3.63, 3.8) is 0 Å². The Bertz CT molecular complexity index is 728. The highest BCUT2D eigenvalue weighted by molar-refractivity contribution is 6.00. The van der Waals surface area contributed by atoms with Gasteiger partial charge in [0, 0.05) is 11.8 Å². The third kappa shape index (κ3) is 3.30. The first-order chi connectivity index (χ1) is 11.6. The highest BCUT2D eigenvalue weighted by Crippen LogP contribution is 2.36. The van der Waals surface area contributed by atoms with Gasteiger partial charge in [0.25, 0.3) is 5.91 Å². The third-order valence-electron chi connectivity index (χ3n) is 4.06. The van der Waals surface area contributed by atoms with Crippen molar-refractivity contribution in [3.8, 4) is 11.5 Å². The van der Waals surface area contributed by atoms with Crippen LogP contribution in [0.2, 0.25) is 0 Å². The number of benzene rings is 2. The molecule has 0 bridgehead atoms. The molecule has 1 amide bonds. The molecule has 5 nitrogen and oxygen atoms in total. The molecule has 0 saturated carbocycles. The Kier molecular flexibility index (Phi) is 4.60. The Hall–Kier alpha value is -2.69. The average Bonchev–Trinajstić information content (AvgIpc) is 2.58. The Labute approximate surface area is 142 Å². The van der Waals surface area contributed by atoms with Gasteiger partial charge >= 0.3 is 0 Å². The van der Waals surface area contributed by atoms with Gasteiger partial charge < -0.3 is 20.1 Å². The first-order valence-corrected chi connectivity index (χ1v) is 8.15. The van der Waals surface area contributed by atoms with Crippen molar-refractivity contribution in [1.29, 1.82) is 0 Å². The lowest BCUT2D eigenvalue weighted by molar-refractivity contribution is -0.126. The maximum Gasteiger partial charge on any atom is 0.268 e. The lowest BCUT2D eigenvalue weighted by atomic mass is 10.1. The highest BCUT2D eigenvalue weighted by Gasteiger charge is 2.33. The van der Waals surface area contributed by atoms with E-state index < -0.39 is 6.10 Å². The van der Waals surface area contributed by atoms with E-state index in [2.05, 4.69) is 0 Å². The van der Waals surface area contributed by atoms with Crippen molar-refractivity contribution >= 4 is 17.3 Å². The SMILES string of the molecule is CCC1Oc2cc(N)ccc2N(CCOc2ccc(C)cc2)C1=O. The number of fused-ring (bicyclic) bond motifs is 1. The van der Waals surface area contributed by atoms with Crippen LogP contribution in [0, 0.1) is 6.92 Å². The molecule has 5 heteroatoms. The predicted octanol–water partition coefficient (Wildman–Crippen LogP) is 3.16. The van der Waals surface area contributed by atoms with Gasteiger partial charge in [-0.3, -0.25) is 4.79 Å². The zero-order valence-corrected chi connectivity index (χ0v) is 14.0. The van der Waals surface area contributed by atoms with Gasteiger partial charge in [-0.15, -0.1) is 0 Å². The summed E-state index contributed by atoms with van der Waals surface area (Å²) in [6, 6.07) is 13.2. The number of rotatable bonds is 5. The molecule has 2 aromatic rings. The highest BCUT2D eigenvalue weighted by atomic mass is 16.5. The van der Waals surface area contributed by atoms with Crippen molar-refractivity contribution in [3.05, 3.63) is 48.0 Å². The minimum atomic E-state index is -0.473. The van der Waals surface area contributed by atoms with Gasteiger partial charge in [0.05, 0.1) is 12.2 Å². The molecule has 2 aromatic carbocycles. The average molecular weight is 326 g/mol. The van der Waals surface area contributed by atoms with Crippen LogP contribution in [-0.4, -0.2) is 25.2 Å². The summed E-state index contributed by atoms with van der Waals surface area (Å²) in [7, 11) is 0. The number of hydrogen-bond donors (Lipinski definition) is 1. The van der Waals surface area contributed by atoms with Crippen LogP contribution >= 0.6 is 0 Å². The van der Waals surface area contributed by atoms with E-state index in [1.165, 1.54) is 5.56 Å². The van der Waals surface area contributed by atoms with E-state index >= 15 is 0 Å². The lowest BCUT2D eigenvalue weighted by Gasteiger charge is -2.34. The first-order valence-electron chi connectivity index (χ1n) is 8.15. The molecule has 1 aliphatic rings. The van der Waals surface area contributed by atoms with Gasteiger partial charge in [0.1, 0.15) is 18.1 Å². The lowest BCUT2D eigenvalue weighted by Crippen LogP contribution is -2.47. The zero-order chi connectivity index (χ0) is 17.1. The van der Waals surface area contributed by atoms with Crippen molar-refractivity contribution in [1.82, 2.24) is 0 Å². The second-order valence-electron chi connectivity index (χ2n) is 5.89. The molecule has 3 rings (SSSR count). The van der Waals surface area contributed by atoms with E-state index in [1.807, 2.05) is 44.2 Å². The Balaban J connectivity index is 1.73. The van der Waals surface area contributed by atoms with Crippen LogP contribution in [-0.2, 0) is 4.79 Å². The van der Waals surface area contributed by atoms with Crippen LogP contribution in [0.15, 0.2) is 42.5 Å². The maximum absolute atomic E-state index is 12.6. The number of amides is 1. The van der Waals surface area contributed by atoms with Gasteiger partial charge in [-0.25, -0.2) is 0 Å². The number of nitrogens with two attached hydrogens (primary N) is 1. The number of hydrogen-bond acceptors (Lipinski definition) is 4. The van der Waals surface area contributed by atoms with E-state index in [9.17, 15) is 4.79 Å². The minimum Gasteiger partial charge on any atom is -0.492 e. The predicted molar refractivity (Wildman–Crippen MR) is 94.6 cm³/mol. The van der Waals surface area contributed by atoms with Crippen molar-refractivity contribution in [2.24, 2.45) is 0 Å². The fourth-order valence-electron chi connectivity index (χ4n) is 2.72. The zero-order valence-electron chi connectivity index (χ0n) is 14.0. The van der Waals surface area contributed by atoms with Crippen LogP contribution in [0.25, 0.3) is 0 Å². The standard InChI is InChI=1S/C19H22N2O3/c1-3-17-19(22)21(16-9-6-14(20)12-18(16)24-17)10-11-23-15-7-4-13(2)5-8-15/h4-9,12,17H,3,10-11,20H2,1-2H3. The van der Waals surface area contributed by atoms with Crippen LogP contribution in [0.5, 0.6) is 11.5 Å². The molecule has 0 aliphatic carbocycles. The second kappa shape index (κ2) is 6.83. The molecule has 1 heterocycles. The van der Waals surface area contributed by atoms with E-state index in [0.717, 1.165) is 11.4 Å². The first kappa shape index (κ1) is 16.2. The summed E-state index contributed by atoms with van der Waals surface area (Å²) in [5.74, 6) is 1.41. The second-order valence-corrected chi connectivity index (χ2v) is 5.89. The molecule has 0 saturated heterocycles.